The molecule has 4 amide bonds. The quantitative estimate of drug-likeness (QED) is 0.0770. The fourth-order valence-electron chi connectivity index (χ4n) is 6.89. The minimum absolute atomic E-state index is 0.173. The number of pyridine rings is 2. The van der Waals surface area contributed by atoms with Crippen LogP contribution in [-0.2, 0) is 23.1 Å². The molecule has 1 unspecified atom stereocenters. The third kappa shape index (κ3) is 8.60. The zero-order chi connectivity index (χ0) is 41.6. The SMILES string of the molecule is CNC(=O)c1cnc(Nc2cc(C(=O)NCCCCc3ccc4c(c3)n(C)c(=O)n4C3CCC(=O)NC3=O)ccn2)cc1Nc1cccc(-c2ncc(F)cn2)c1OC. The summed E-state index contributed by atoms with van der Waals surface area (Å²) in [5.74, 6) is -0.795. The lowest BCUT2D eigenvalue weighted by molar-refractivity contribution is -0.135. The predicted molar refractivity (Wildman–Crippen MR) is 216 cm³/mol. The third-order valence-electron chi connectivity index (χ3n) is 9.86. The number of aromatic nitrogens is 6. The number of piperidine rings is 1. The van der Waals surface area contributed by atoms with Crippen molar-refractivity contribution in [1.29, 1.82) is 0 Å². The molecule has 1 saturated heterocycles. The molecular weight excluding hydrogens is 762 g/mol. The van der Waals surface area contributed by atoms with Gasteiger partial charge in [-0.3, -0.25) is 33.6 Å². The number of benzene rings is 2. The van der Waals surface area contributed by atoms with Gasteiger partial charge in [-0.05, 0) is 67.6 Å². The van der Waals surface area contributed by atoms with Crippen molar-refractivity contribution < 1.29 is 28.3 Å². The van der Waals surface area contributed by atoms with Gasteiger partial charge in [0, 0.05) is 51.1 Å². The van der Waals surface area contributed by atoms with Crippen LogP contribution in [0, 0.1) is 5.82 Å². The van der Waals surface area contributed by atoms with Crippen molar-refractivity contribution in [3.05, 3.63) is 112 Å². The smallest absolute Gasteiger partial charge is 0.329 e. The molecule has 2 aromatic carbocycles. The van der Waals surface area contributed by atoms with E-state index < -0.39 is 23.7 Å². The number of amides is 4. The van der Waals surface area contributed by atoms with Crippen LogP contribution in [0.25, 0.3) is 22.4 Å². The molecule has 1 atom stereocenters. The molecule has 1 aliphatic rings. The first-order chi connectivity index (χ1) is 28.5. The first-order valence-electron chi connectivity index (χ1n) is 18.7. The third-order valence-corrected chi connectivity index (χ3v) is 9.86. The highest BCUT2D eigenvalue weighted by molar-refractivity contribution is 6.01. The number of halogens is 1. The van der Waals surface area contributed by atoms with Gasteiger partial charge >= 0.3 is 5.69 Å². The van der Waals surface area contributed by atoms with Gasteiger partial charge in [0.05, 0.1) is 53.0 Å². The van der Waals surface area contributed by atoms with Gasteiger partial charge in [-0.1, -0.05) is 12.1 Å². The lowest BCUT2D eigenvalue weighted by atomic mass is 10.0. The van der Waals surface area contributed by atoms with Crippen molar-refractivity contribution in [2.75, 3.05) is 31.3 Å². The van der Waals surface area contributed by atoms with Crippen LogP contribution >= 0.6 is 0 Å². The van der Waals surface area contributed by atoms with Gasteiger partial charge in [0.25, 0.3) is 11.8 Å². The van der Waals surface area contributed by atoms with Gasteiger partial charge in [-0.2, -0.15) is 0 Å². The van der Waals surface area contributed by atoms with Crippen molar-refractivity contribution in [2.45, 2.75) is 38.1 Å². The topological polar surface area (TPSA) is 216 Å². The molecule has 18 heteroatoms. The van der Waals surface area contributed by atoms with E-state index in [1.54, 1.807) is 43.4 Å². The number of rotatable bonds is 14. The zero-order valence-corrected chi connectivity index (χ0v) is 32.3. The summed E-state index contributed by atoms with van der Waals surface area (Å²) < 4.78 is 22.2. The number of hydrogen-bond donors (Lipinski definition) is 5. The van der Waals surface area contributed by atoms with E-state index in [4.69, 9.17) is 4.74 Å². The Morgan fingerprint density at radius 3 is 2.46 bits per heavy atom. The maximum Gasteiger partial charge on any atom is 0.329 e. The molecule has 17 nitrogen and oxygen atoms in total. The number of imide groups is 1. The van der Waals surface area contributed by atoms with Crippen LogP contribution in [0.15, 0.2) is 84.2 Å². The number of carbonyl (C=O) groups excluding carboxylic acids is 4. The van der Waals surface area contributed by atoms with Gasteiger partial charge in [0.1, 0.15) is 17.7 Å². The number of aryl methyl sites for hydroxylation is 2. The normalized spacial score (nSPS) is 13.8. The Bertz CT molecular complexity index is 2640. The number of ether oxygens (including phenoxy) is 1. The van der Waals surface area contributed by atoms with E-state index in [0.29, 0.717) is 70.3 Å². The molecule has 7 rings (SSSR count). The Kier molecular flexibility index (Phi) is 11.7. The van der Waals surface area contributed by atoms with Crippen molar-refractivity contribution in [3.8, 4) is 17.1 Å². The number of anilines is 4. The van der Waals surface area contributed by atoms with Crippen LogP contribution in [0.3, 0.4) is 0 Å². The Morgan fingerprint density at radius 1 is 0.898 bits per heavy atom. The predicted octanol–water partition coefficient (Wildman–Crippen LogP) is 4.31. The van der Waals surface area contributed by atoms with Crippen LogP contribution in [0.2, 0.25) is 0 Å². The van der Waals surface area contributed by atoms with Crippen LogP contribution in [0.1, 0.15) is 58.0 Å². The largest absolute Gasteiger partial charge is 0.494 e. The van der Waals surface area contributed by atoms with E-state index in [-0.39, 0.29) is 41.7 Å². The molecule has 0 spiro atoms. The molecular formula is C41H40FN11O6. The van der Waals surface area contributed by atoms with Gasteiger partial charge in [0.2, 0.25) is 11.8 Å². The number of nitrogens with one attached hydrogen (secondary N) is 5. The molecule has 302 valence electrons. The Morgan fingerprint density at radius 2 is 1.69 bits per heavy atom. The van der Waals surface area contributed by atoms with Crippen molar-refractivity contribution in [1.82, 2.24) is 45.0 Å². The number of unbranched alkanes of at least 4 members (excludes halogenated alkanes) is 1. The standard InChI is InChI=1S/C41H40FN11O6/c1-43-39(56)27-22-46-34(19-29(27)49-28-9-6-8-26(36(28)59-3)37-47-20-25(42)21-48-37)50-33-18-24(14-16-44-33)38(55)45-15-5-4-7-23-10-11-30-32(17-23)52(2)41(58)53(30)31-12-13-35(54)51-40(31)57/h6,8-11,14,16-22,31H,4-5,7,12-13,15H2,1-3H3,(H,43,56)(H,45,55)(H,51,54,57)(H2,44,46,49,50). The van der Waals surface area contributed by atoms with E-state index in [1.165, 1.54) is 35.7 Å². The van der Waals surface area contributed by atoms with Gasteiger partial charge < -0.3 is 26.0 Å². The number of imidazole rings is 1. The highest BCUT2D eigenvalue weighted by Crippen LogP contribution is 2.37. The number of carbonyl (C=O) groups is 4. The molecule has 1 fully saturated rings. The maximum absolute atomic E-state index is 13.5. The monoisotopic (exact) mass is 801 g/mol. The minimum Gasteiger partial charge on any atom is -0.494 e. The molecule has 1 aliphatic heterocycles. The van der Waals surface area contributed by atoms with Gasteiger partial charge in [-0.15, -0.1) is 0 Å². The molecule has 5 heterocycles. The number of methoxy groups -OCH3 is 1. The highest BCUT2D eigenvalue weighted by Gasteiger charge is 2.31. The summed E-state index contributed by atoms with van der Waals surface area (Å²) in [5.41, 5.74) is 3.98. The Labute approximate surface area is 336 Å². The van der Waals surface area contributed by atoms with E-state index >= 15 is 0 Å². The Balaban J connectivity index is 0.977. The van der Waals surface area contributed by atoms with E-state index in [9.17, 15) is 28.4 Å². The maximum atomic E-state index is 13.5. The summed E-state index contributed by atoms with van der Waals surface area (Å²) in [4.78, 5) is 80.1. The van der Waals surface area contributed by atoms with Crippen molar-refractivity contribution in [2.24, 2.45) is 7.05 Å². The molecule has 59 heavy (non-hydrogen) atoms. The second-order valence-corrected chi connectivity index (χ2v) is 13.7. The summed E-state index contributed by atoms with van der Waals surface area (Å²) in [7, 11) is 4.64. The molecule has 0 bridgehead atoms. The number of fused-ring (bicyclic) bond motifs is 1. The van der Waals surface area contributed by atoms with Crippen molar-refractivity contribution in [3.63, 3.8) is 0 Å². The average molecular weight is 802 g/mol. The van der Waals surface area contributed by atoms with Crippen LogP contribution in [0.4, 0.5) is 27.4 Å². The summed E-state index contributed by atoms with van der Waals surface area (Å²) in [6.45, 7) is 0.423. The average Bonchev–Trinajstić information content (AvgIpc) is 3.48. The molecule has 4 aromatic heterocycles. The summed E-state index contributed by atoms with van der Waals surface area (Å²) in [5, 5.41) is 14.2. The van der Waals surface area contributed by atoms with Crippen LogP contribution in [0.5, 0.6) is 5.75 Å². The van der Waals surface area contributed by atoms with E-state index in [1.807, 2.05) is 18.2 Å². The highest BCUT2D eigenvalue weighted by atomic mass is 19.1. The number of nitrogens with zero attached hydrogens (tertiary/aromatic N) is 6. The number of para-hydroxylation sites is 1. The van der Waals surface area contributed by atoms with Gasteiger partial charge in [0.15, 0.2) is 17.4 Å². The summed E-state index contributed by atoms with van der Waals surface area (Å²) in [6, 6.07) is 15.0. The lowest BCUT2D eigenvalue weighted by Crippen LogP contribution is -2.44. The number of hydrogen-bond acceptors (Lipinski definition) is 12. The Hall–Kier alpha value is -7.50. The minimum atomic E-state index is -0.744. The lowest BCUT2D eigenvalue weighted by Gasteiger charge is -2.21. The zero-order valence-electron chi connectivity index (χ0n) is 32.3. The van der Waals surface area contributed by atoms with Crippen LogP contribution in [-0.4, -0.2) is 73.4 Å². The fourth-order valence-corrected chi connectivity index (χ4v) is 6.89. The molecule has 6 aromatic rings. The second-order valence-electron chi connectivity index (χ2n) is 13.7. The summed E-state index contributed by atoms with van der Waals surface area (Å²) >= 11 is 0. The van der Waals surface area contributed by atoms with E-state index in [2.05, 4.69) is 46.5 Å². The molecule has 0 aliphatic carbocycles. The van der Waals surface area contributed by atoms with E-state index in [0.717, 1.165) is 24.4 Å². The van der Waals surface area contributed by atoms with Crippen LogP contribution < -0.4 is 37.0 Å². The molecule has 0 radical (unpaired) electrons. The first kappa shape index (κ1) is 39.7. The molecule has 5 N–H and O–H groups in total. The summed E-state index contributed by atoms with van der Waals surface area (Å²) in [6.07, 6.45) is 7.62. The first-order valence-corrected chi connectivity index (χ1v) is 18.7. The second kappa shape index (κ2) is 17.3. The van der Waals surface area contributed by atoms with Crippen molar-refractivity contribution >= 4 is 57.7 Å². The van der Waals surface area contributed by atoms with Gasteiger partial charge in [-0.25, -0.2) is 29.1 Å². The fraction of sp³-hybridized carbons (Fsp3) is 0.244. The molecule has 0 saturated carbocycles.